The zero-order chi connectivity index (χ0) is 9.26. The number of thioether (sulfide) groups is 1. The molecule has 70 valence electrons. The van der Waals surface area contributed by atoms with Crippen LogP contribution in [0.1, 0.15) is 12.5 Å². The fraction of sp³-hybridized carbons (Fsp3) is 0.400. The van der Waals surface area contributed by atoms with Gasteiger partial charge >= 0.3 is 0 Å². The van der Waals surface area contributed by atoms with E-state index in [1.54, 1.807) is 0 Å². The van der Waals surface area contributed by atoms with Gasteiger partial charge in [0, 0.05) is 16.4 Å². The number of aryl methyl sites for hydroxylation is 1. The quantitative estimate of drug-likeness (QED) is 0.711. The molecule has 0 amide bonds. The SMILES string of the molecule is CCc1ccc2c(c1)SCCS2=O. The lowest BCUT2D eigenvalue weighted by Crippen LogP contribution is -2.07. The first-order valence-corrected chi connectivity index (χ1v) is 6.76. The molecule has 13 heavy (non-hydrogen) atoms. The van der Waals surface area contributed by atoms with Gasteiger partial charge in [0.25, 0.3) is 0 Å². The molecular formula is C10H12OS2. The minimum atomic E-state index is -0.746. The second-order valence-electron chi connectivity index (χ2n) is 3.03. The molecule has 0 aliphatic carbocycles. The molecule has 1 aliphatic rings. The van der Waals surface area contributed by atoms with Gasteiger partial charge in [-0.15, -0.1) is 11.8 Å². The van der Waals surface area contributed by atoms with Crippen molar-refractivity contribution in [2.75, 3.05) is 11.5 Å². The molecule has 0 saturated carbocycles. The minimum absolute atomic E-state index is 0.746. The predicted molar refractivity (Wildman–Crippen MR) is 57.8 cm³/mol. The Morgan fingerprint density at radius 3 is 3.15 bits per heavy atom. The molecule has 1 aliphatic heterocycles. The number of hydrogen-bond acceptors (Lipinski definition) is 2. The highest BCUT2D eigenvalue weighted by atomic mass is 32.2. The van der Waals surface area contributed by atoms with Crippen LogP contribution in [0.5, 0.6) is 0 Å². The van der Waals surface area contributed by atoms with Gasteiger partial charge < -0.3 is 0 Å². The van der Waals surface area contributed by atoms with Crippen molar-refractivity contribution in [3.63, 3.8) is 0 Å². The van der Waals surface area contributed by atoms with Gasteiger partial charge in [0.2, 0.25) is 0 Å². The summed E-state index contributed by atoms with van der Waals surface area (Å²) in [5.74, 6) is 1.80. The van der Waals surface area contributed by atoms with Crippen LogP contribution in [0.3, 0.4) is 0 Å². The molecule has 0 aromatic heterocycles. The highest BCUT2D eigenvalue weighted by Crippen LogP contribution is 2.31. The molecule has 0 spiro atoms. The fourth-order valence-corrected chi connectivity index (χ4v) is 4.19. The van der Waals surface area contributed by atoms with Crippen molar-refractivity contribution in [2.45, 2.75) is 23.1 Å². The van der Waals surface area contributed by atoms with Crippen molar-refractivity contribution in [1.82, 2.24) is 0 Å². The van der Waals surface area contributed by atoms with Gasteiger partial charge in [-0.3, -0.25) is 4.21 Å². The minimum Gasteiger partial charge on any atom is -0.254 e. The highest BCUT2D eigenvalue weighted by molar-refractivity contribution is 8.01. The maximum atomic E-state index is 11.6. The predicted octanol–water partition coefficient (Wildman–Crippen LogP) is 2.46. The van der Waals surface area contributed by atoms with Crippen LogP contribution in [0.15, 0.2) is 28.0 Å². The first kappa shape index (κ1) is 9.28. The van der Waals surface area contributed by atoms with Crippen molar-refractivity contribution in [1.29, 1.82) is 0 Å². The van der Waals surface area contributed by atoms with E-state index >= 15 is 0 Å². The number of fused-ring (bicyclic) bond motifs is 1. The van der Waals surface area contributed by atoms with Gasteiger partial charge in [0.1, 0.15) is 0 Å². The maximum Gasteiger partial charge on any atom is 0.0549 e. The molecule has 1 nitrogen and oxygen atoms in total. The summed E-state index contributed by atoms with van der Waals surface area (Å²) in [4.78, 5) is 2.26. The van der Waals surface area contributed by atoms with Gasteiger partial charge in [-0.05, 0) is 24.1 Å². The van der Waals surface area contributed by atoms with Crippen LogP contribution in [0, 0.1) is 0 Å². The summed E-state index contributed by atoms with van der Waals surface area (Å²) in [6.07, 6.45) is 1.06. The van der Waals surface area contributed by atoms with E-state index in [1.165, 1.54) is 10.5 Å². The Kier molecular flexibility index (Phi) is 2.74. The Labute approximate surface area is 85.4 Å². The van der Waals surface area contributed by atoms with Crippen LogP contribution in [0.2, 0.25) is 0 Å². The van der Waals surface area contributed by atoms with E-state index in [0.29, 0.717) is 0 Å². The summed E-state index contributed by atoms with van der Waals surface area (Å²) >= 11 is 1.83. The molecule has 1 aromatic rings. The Bertz CT molecular complexity index is 347. The Morgan fingerprint density at radius 2 is 2.38 bits per heavy atom. The average molecular weight is 212 g/mol. The van der Waals surface area contributed by atoms with E-state index in [2.05, 4.69) is 19.1 Å². The van der Waals surface area contributed by atoms with E-state index in [4.69, 9.17) is 0 Å². The summed E-state index contributed by atoms with van der Waals surface area (Å²) in [5.41, 5.74) is 1.34. The van der Waals surface area contributed by atoms with Gasteiger partial charge in [0.05, 0.1) is 15.7 Å². The highest BCUT2D eigenvalue weighted by Gasteiger charge is 2.15. The maximum absolute atomic E-state index is 11.6. The smallest absolute Gasteiger partial charge is 0.0549 e. The molecule has 1 unspecified atom stereocenters. The Morgan fingerprint density at radius 1 is 1.54 bits per heavy atom. The third-order valence-corrected chi connectivity index (χ3v) is 5.05. The molecule has 0 fully saturated rings. The first-order valence-electron chi connectivity index (χ1n) is 4.45. The van der Waals surface area contributed by atoms with Crippen LogP contribution >= 0.6 is 11.8 Å². The molecule has 0 bridgehead atoms. The van der Waals surface area contributed by atoms with Gasteiger partial charge in [-0.25, -0.2) is 0 Å². The topological polar surface area (TPSA) is 17.1 Å². The van der Waals surface area contributed by atoms with Crippen LogP contribution in [-0.4, -0.2) is 15.7 Å². The molecule has 3 heteroatoms. The lowest BCUT2D eigenvalue weighted by atomic mass is 10.2. The van der Waals surface area contributed by atoms with Crippen LogP contribution in [0.4, 0.5) is 0 Å². The molecule has 1 heterocycles. The van der Waals surface area contributed by atoms with Gasteiger partial charge in [0.15, 0.2) is 0 Å². The van der Waals surface area contributed by atoms with E-state index in [-0.39, 0.29) is 0 Å². The Hall–Kier alpha value is -0.280. The zero-order valence-electron chi connectivity index (χ0n) is 7.58. The summed E-state index contributed by atoms with van der Waals surface area (Å²) in [5, 5.41) is 0. The molecule has 0 N–H and O–H groups in total. The first-order chi connectivity index (χ1) is 6.31. The van der Waals surface area contributed by atoms with Crippen LogP contribution < -0.4 is 0 Å². The summed E-state index contributed by atoms with van der Waals surface area (Å²) < 4.78 is 11.6. The molecule has 0 radical (unpaired) electrons. The van der Waals surface area contributed by atoms with Crippen molar-refractivity contribution >= 4 is 22.6 Å². The third kappa shape index (κ3) is 1.81. The second kappa shape index (κ2) is 3.84. The van der Waals surface area contributed by atoms with E-state index < -0.39 is 10.8 Å². The summed E-state index contributed by atoms with van der Waals surface area (Å²) in [7, 11) is -0.746. The summed E-state index contributed by atoms with van der Waals surface area (Å²) in [6.45, 7) is 2.15. The normalized spacial score (nSPS) is 21.2. The molecule has 0 saturated heterocycles. The van der Waals surface area contributed by atoms with E-state index in [1.807, 2.05) is 17.8 Å². The lowest BCUT2D eigenvalue weighted by molar-refractivity contribution is 0.682. The molecule has 1 aromatic carbocycles. The molecule has 1 atom stereocenters. The molecule has 2 rings (SSSR count). The van der Waals surface area contributed by atoms with E-state index in [0.717, 1.165) is 22.8 Å². The zero-order valence-corrected chi connectivity index (χ0v) is 9.21. The fourth-order valence-electron chi connectivity index (χ4n) is 1.41. The van der Waals surface area contributed by atoms with Crippen molar-refractivity contribution < 1.29 is 4.21 Å². The lowest BCUT2D eigenvalue weighted by Gasteiger charge is -2.15. The van der Waals surface area contributed by atoms with E-state index in [9.17, 15) is 4.21 Å². The Balaban J connectivity index is 2.45. The molecular weight excluding hydrogens is 200 g/mol. The number of rotatable bonds is 1. The average Bonchev–Trinajstić information content (AvgIpc) is 2.18. The third-order valence-electron chi connectivity index (χ3n) is 2.19. The number of hydrogen-bond donors (Lipinski definition) is 0. The number of benzene rings is 1. The standard InChI is InChI=1S/C10H12OS2/c1-2-8-3-4-10-9(7-8)12-5-6-13(10)11/h3-4,7H,2,5-6H2,1H3. The van der Waals surface area contributed by atoms with Crippen LogP contribution in [0.25, 0.3) is 0 Å². The van der Waals surface area contributed by atoms with Crippen molar-refractivity contribution in [3.05, 3.63) is 23.8 Å². The van der Waals surface area contributed by atoms with Crippen molar-refractivity contribution in [2.24, 2.45) is 0 Å². The summed E-state index contributed by atoms with van der Waals surface area (Å²) in [6, 6.07) is 6.29. The monoisotopic (exact) mass is 212 g/mol. The second-order valence-corrected chi connectivity index (χ2v) is 5.71. The van der Waals surface area contributed by atoms with Gasteiger partial charge in [-0.1, -0.05) is 13.0 Å². The van der Waals surface area contributed by atoms with Crippen LogP contribution in [-0.2, 0) is 17.2 Å². The van der Waals surface area contributed by atoms with Crippen molar-refractivity contribution in [3.8, 4) is 0 Å². The largest absolute Gasteiger partial charge is 0.254 e. The van der Waals surface area contributed by atoms with Gasteiger partial charge in [-0.2, -0.15) is 0 Å².